The quantitative estimate of drug-likeness (QED) is 0.592. The van der Waals surface area contributed by atoms with Gasteiger partial charge < -0.3 is 5.32 Å². The van der Waals surface area contributed by atoms with Gasteiger partial charge in [-0.15, -0.1) is 0 Å². The Balaban J connectivity index is 1.70. The van der Waals surface area contributed by atoms with Crippen LogP contribution in [0.2, 0.25) is 0 Å². The van der Waals surface area contributed by atoms with Crippen LogP contribution < -0.4 is 5.32 Å². The molecule has 0 fully saturated rings. The number of pyridine rings is 1. The van der Waals surface area contributed by atoms with E-state index in [1.165, 1.54) is 0 Å². The van der Waals surface area contributed by atoms with E-state index in [4.69, 9.17) is 0 Å². The summed E-state index contributed by atoms with van der Waals surface area (Å²) in [6.45, 7) is 0.414. The number of carbonyl (C=O) groups excluding carboxylic acids is 1. The summed E-state index contributed by atoms with van der Waals surface area (Å²) in [5, 5.41) is 7.44. The molecule has 132 valence electrons. The van der Waals surface area contributed by atoms with E-state index < -0.39 is 0 Å². The van der Waals surface area contributed by atoms with Gasteiger partial charge in [-0.05, 0) is 23.8 Å². The fourth-order valence-electron chi connectivity index (χ4n) is 2.93. The molecule has 0 saturated heterocycles. The van der Waals surface area contributed by atoms with Crippen LogP contribution in [0.3, 0.4) is 0 Å². The number of nitrogens with zero attached hydrogens (tertiary/aromatic N) is 3. The summed E-state index contributed by atoms with van der Waals surface area (Å²) in [6, 6.07) is 23.4. The highest BCUT2D eigenvalue weighted by Gasteiger charge is 2.19. The number of para-hydroxylation sites is 1. The molecular weight excluding hydrogens is 336 g/mol. The van der Waals surface area contributed by atoms with Gasteiger partial charge in [0, 0.05) is 24.5 Å². The lowest BCUT2D eigenvalue weighted by Crippen LogP contribution is -2.23. The molecule has 0 aliphatic rings. The first kappa shape index (κ1) is 16.7. The number of amides is 1. The SMILES string of the molecule is O=C(NCc1cccnc1)c1cnn(-c2ccccc2)c1-c1ccccc1. The summed E-state index contributed by atoms with van der Waals surface area (Å²) in [5.74, 6) is -0.167. The van der Waals surface area contributed by atoms with Gasteiger partial charge in [0.15, 0.2) is 0 Å². The smallest absolute Gasteiger partial charge is 0.255 e. The molecule has 0 aliphatic heterocycles. The van der Waals surface area contributed by atoms with Crippen LogP contribution in [0.4, 0.5) is 0 Å². The molecule has 2 heterocycles. The molecule has 0 saturated carbocycles. The maximum absolute atomic E-state index is 12.9. The van der Waals surface area contributed by atoms with Crippen molar-refractivity contribution in [3.8, 4) is 16.9 Å². The monoisotopic (exact) mass is 354 g/mol. The number of carbonyl (C=O) groups is 1. The highest BCUT2D eigenvalue weighted by Crippen LogP contribution is 2.26. The lowest BCUT2D eigenvalue weighted by molar-refractivity contribution is 0.0951. The highest BCUT2D eigenvalue weighted by molar-refractivity contribution is 6.00. The van der Waals surface area contributed by atoms with E-state index in [0.717, 1.165) is 22.5 Å². The van der Waals surface area contributed by atoms with Crippen molar-refractivity contribution in [1.82, 2.24) is 20.1 Å². The Kier molecular flexibility index (Phi) is 4.74. The average molecular weight is 354 g/mol. The zero-order valence-corrected chi connectivity index (χ0v) is 14.6. The van der Waals surface area contributed by atoms with Crippen molar-refractivity contribution in [2.24, 2.45) is 0 Å². The van der Waals surface area contributed by atoms with Crippen molar-refractivity contribution in [2.75, 3.05) is 0 Å². The lowest BCUT2D eigenvalue weighted by Gasteiger charge is -2.10. The number of aromatic nitrogens is 3. The largest absolute Gasteiger partial charge is 0.348 e. The van der Waals surface area contributed by atoms with Crippen molar-refractivity contribution in [2.45, 2.75) is 6.54 Å². The summed E-state index contributed by atoms with van der Waals surface area (Å²) in [7, 11) is 0. The van der Waals surface area contributed by atoms with Gasteiger partial charge in [0.1, 0.15) is 0 Å². The lowest BCUT2D eigenvalue weighted by atomic mass is 10.1. The molecule has 1 amide bonds. The van der Waals surface area contributed by atoms with E-state index in [2.05, 4.69) is 15.4 Å². The Labute approximate surface area is 157 Å². The van der Waals surface area contributed by atoms with Crippen LogP contribution in [0.15, 0.2) is 91.4 Å². The molecule has 0 bridgehead atoms. The normalized spacial score (nSPS) is 10.5. The van der Waals surface area contributed by atoms with E-state index in [-0.39, 0.29) is 5.91 Å². The standard InChI is InChI=1S/C22H18N4O/c27-22(24-15-17-8-7-13-23-14-17)20-16-25-26(19-11-5-2-6-12-19)21(20)18-9-3-1-4-10-18/h1-14,16H,15H2,(H,24,27). The molecule has 0 unspecified atom stereocenters. The number of benzene rings is 2. The van der Waals surface area contributed by atoms with Gasteiger partial charge in [-0.25, -0.2) is 4.68 Å². The zero-order valence-electron chi connectivity index (χ0n) is 14.6. The molecule has 4 aromatic rings. The van der Waals surface area contributed by atoms with Crippen LogP contribution >= 0.6 is 0 Å². The molecule has 27 heavy (non-hydrogen) atoms. The zero-order chi connectivity index (χ0) is 18.5. The van der Waals surface area contributed by atoms with Crippen LogP contribution in [0.25, 0.3) is 16.9 Å². The minimum atomic E-state index is -0.167. The molecular formula is C22H18N4O. The maximum atomic E-state index is 12.9. The van der Waals surface area contributed by atoms with Gasteiger partial charge in [-0.1, -0.05) is 54.6 Å². The summed E-state index contributed by atoms with van der Waals surface area (Å²) >= 11 is 0. The molecule has 1 N–H and O–H groups in total. The van der Waals surface area contributed by atoms with Crippen LogP contribution in [-0.4, -0.2) is 20.7 Å². The predicted molar refractivity (Wildman–Crippen MR) is 104 cm³/mol. The van der Waals surface area contributed by atoms with E-state index in [9.17, 15) is 4.79 Å². The molecule has 0 aliphatic carbocycles. The maximum Gasteiger partial charge on any atom is 0.255 e. The Morgan fingerprint density at radius 1 is 0.889 bits per heavy atom. The van der Waals surface area contributed by atoms with Crippen molar-refractivity contribution in [3.63, 3.8) is 0 Å². The molecule has 2 aromatic heterocycles. The van der Waals surface area contributed by atoms with E-state index >= 15 is 0 Å². The van der Waals surface area contributed by atoms with Crippen molar-refractivity contribution < 1.29 is 4.79 Å². The van der Waals surface area contributed by atoms with Crippen LogP contribution in [0.5, 0.6) is 0 Å². The molecule has 5 nitrogen and oxygen atoms in total. The molecule has 0 atom stereocenters. The van der Waals surface area contributed by atoms with Crippen LogP contribution in [0.1, 0.15) is 15.9 Å². The molecule has 0 spiro atoms. The van der Waals surface area contributed by atoms with Crippen molar-refractivity contribution in [1.29, 1.82) is 0 Å². The number of hydrogen-bond donors (Lipinski definition) is 1. The second kappa shape index (κ2) is 7.66. The molecule has 4 rings (SSSR count). The van der Waals surface area contributed by atoms with Crippen molar-refractivity contribution in [3.05, 3.63) is 103 Å². The van der Waals surface area contributed by atoms with Crippen molar-refractivity contribution >= 4 is 5.91 Å². The second-order valence-corrected chi connectivity index (χ2v) is 6.06. The number of nitrogens with one attached hydrogen (secondary N) is 1. The second-order valence-electron chi connectivity index (χ2n) is 6.06. The van der Waals surface area contributed by atoms with E-state index in [1.54, 1.807) is 23.3 Å². The Bertz CT molecular complexity index is 1030. The average Bonchev–Trinajstić information content (AvgIpc) is 3.19. The first-order chi connectivity index (χ1) is 13.3. The summed E-state index contributed by atoms with van der Waals surface area (Å²) in [5.41, 5.74) is 4.09. The topological polar surface area (TPSA) is 59.8 Å². The van der Waals surface area contributed by atoms with Gasteiger partial charge in [0.2, 0.25) is 0 Å². The third-order valence-electron chi connectivity index (χ3n) is 4.24. The van der Waals surface area contributed by atoms with Gasteiger partial charge >= 0.3 is 0 Å². The first-order valence-corrected chi connectivity index (χ1v) is 8.69. The van der Waals surface area contributed by atoms with Gasteiger partial charge in [0.25, 0.3) is 5.91 Å². The summed E-state index contributed by atoms with van der Waals surface area (Å²) in [6.07, 6.45) is 5.07. The van der Waals surface area contributed by atoms with Gasteiger partial charge in [0.05, 0.1) is 23.1 Å². The minimum Gasteiger partial charge on any atom is -0.348 e. The first-order valence-electron chi connectivity index (χ1n) is 8.69. The van der Waals surface area contributed by atoms with E-state index in [0.29, 0.717) is 12.1 Å². The Morgan fingerprint density at radius 3 is 2.33 bits per heavy atom. The van der Waals surface area contributed by atoms with Crippen LogP contribution in [0, 0.1) is 0 Å². The van der Waals surface area contributed by atoms with Gasteiger partial charge in [-0.2, -0.15) is 5.10 Å². The predicted octanol–water partition coefficient (Wildman–Crippen LogP) is 3.86. The Morgan fingerprint density at radius 2 is 1.63 bits per heavy atom. The number of hydrogen-bond acceptors (Lipinski definition) is 3. The fraction of sp³-hybridized carbons (Fsp3) is 0.0455. The molecule has 2 aromatic carbocycles. The summed E-state index contributed by atoms with van der Waals surface area (Å²) < 4.78 is 1.80. The minimum absolute atomic E-state index is 0.167. The molecule has 0 radical (unpaired) electrons. The third kappa shape index (κ3) is 3.62. The third-order valence-corrected chi connectivity index (χ3v) is 4.24. The summed E-state index contributed by atoms with van der Waals surface area (Å²) in [4.78, 5) is 16.9. The van der Waals surface area contributed by atoms with Gasteiger partial charge in [-0.3, -0.25) is 9.78 Å². The van der Waals surface area contributed by atoms with E-state index in [1.807, 2.05) is 72.8 Å². The number of rotatable bonds is 5. The molecule has 5 heteroatoms. The van der Waals surface area contributed by atoms with Crippen LogP contribution in [-0.2, 0) is 6.54 Å². The Hall–Kier alpha value is -3.73. The fourth-order valence-corrected chi connectivity index (χ4v) is 2.93. The highest BCUT2D eigenvalue weighted by atomic mass is 16.1.